The predicted molar refractivity (Wildman–Crippen MR) is 440 cm³/mol. The summed E-state index contributed by atoms with van der Waals surface area (Å²) in [5.74, 6) is 0. The fourth-order valence-electron chi connectivity index (χ4n) is 20.6. The first-order valence-electron chi connectivity index (χ1n) is 37.5. The number of hydrogen-bond acceptors (Lipinski definition) is 2. The molecule has 16 aromatic carbocycles. The fraction of sp³-hybridized carbons (Fsp3) is 0.0769. The van der Waals surface area contributed by atoms with E-state index in [0.29, 0.717) is 0 Å². The van der Waals surface area contributed by atoms with Crippen molar-refractivity contribution in [3.05, 3.63) is 431 Å². The van der Waals surface area contributed by atoms with Crippen LogP contribution in [0.15, 0.2) is 364 Å². The Morgan fingerprint density at radius 3 is 1.00 bits per heavy atom. The first kappa shape index (κ1) is 60.7. The van der Waals surface area contributed by atoms with Crippen molar-refractivity contribution in [2.75, 3.05) is 9.80 Å². The lowest BCUT2D eigenvalue weighted by Crippen LogP contribution is -2.26. The second-order valence-corrected chi connectivity index (χ2v) is 30.9. The summed E-state index contributed by atoms with van der Waals surface area (Å²) in [6, 6.07) is 138. The SMILES string of the molecule is CC1(C)c2ccccc2-c2ccc(N(c3cccc(-c4ccc(-c5ccc6c(c5)-c5ccccc5C65c6ccccc6-c6c(N(c7ccc8c(c7)C(C)(C)c7ccccc7-8)c7ccccc7-c7ccccc7)cccc65)cc4)c3)c3cccc4c3-c3ccccc3C43c4ccccc4-c4ccccc43)cc21. The summed E-state index contributed by atoms with van der Waals surface area (Å²) in [4.78, 5) is 5.13. The van der Waals surface area contributed by atoms with Crippen LogP contribution in [0.4, 0.5) is 34.1 Å². The van der Waals surface area contributed by atoms with Crippen molar-refractivity contribution in [2.24, 2.45) is 0 Å². The molecule has 2 heteroatoms. The second kappa shape index (κ2) is 22.3. The van der Waals surface area contributed by atoms with Gasteiger partial charge in [0.1, 0.15) is 0 Å². The van der Waals surface area contributed by atoms with E-state index in [9.17, 15) is 0 Å². The number of rotatable bonds is 9. The number of para-hydroxylation sites is 1. The molecule has 0 fully saturated rings. The predicted octanol–water partition coefficient (Wildman–Crippen LogP) is 26.9. The van der Waals surface area contributed by atoms with E-state index in [1.165, 1.54) is 156 Å². The van der Waals surface area contributed by atoms with Gasteiger partial charge in [-0.15, -0.1) is 0 Å². The zero-order chi connectivity index (χ0) is 70.4. The molecule has 0 aromatic heterocycles. The molecule has 0 saturated heterocycles. The van der Waals surface area contributed by atoms with Crippen molar-refractivity contribution in [2.45, 2.75) is 49.4 Å². The van der Waals surface area contributed by atoms with Gasteiger partial charge in [0.15, 0.2) is 0 Å². The summed E-state index contributed by atoms with van der Waals surface area (Å²) in [5, 5.41) is 0. The van der Waals surface area contributed by atoms with Crippen LogP contribution < -0.4 is 9.80 Å². The molecular weight excluding hydrogens is 1280 g/mol. The lowest BCUT2D eigenvalue weighted by molar-refractivity contribution is 0.660. The van der Waals surface area contributed by atoms with E-state index in [0.717, 1.165) is 45.3 Å². The van der Waals surface area contributed by atoms with Gasteiger partial charge in [-0.1, -0.05) is 331 Å². The van der Waals surface area contributed by atoms with Gasteiger partial charge < -0.3 is 9.80 Å². The number of anilines is 6. The zero-order valence-corrected chi connectivity index (χ0v) is 59.5. The minimum atomic E-state index is -0.583. The minimum Gasteiger partial charge on any atom is -0.310 e. The number of fused-ring (bicyclic) bond motifs is 26. The molecule has 1 unspecified atom stereocenters. The third-order valence-corrected chi connectivity index (χ3v) is 25.1. The summed E-state index contributed by atoms with van der Waals surface area (Å²) < 4.78 is 0. The maximum atomic E-state index is 2.57. The van der Waals surface area contributed by atoms with Gasteiger partial charge in [0.2, 0.25) is 0 Å². The van der Waals surface area contributed by atoms with E-state index < -0.39 is 10.8 Å². The molecule has 0 bridgehead atoms. The van der Waals surface area contributed by atoms with Gasteiger partial charge in [-0.05, 0) is 211 Å². The minimum absolute atomic E-state index is 0.188. The largest absolute Gasteiger partial charge is 0.310 e. The van der Waals surface area contributed by atoms with Crippen molar-refractivity contribution in [1.82, 2.24) is 0 Å². The molecule has 2 nitrogen and oxygen atoms in total. The van der Waals surface area contributed by atoms with Crippen molar-refractivity contribution >= 4 is 34.1 Å². The maximum Gasteiger partial charge on any atom is 0.0726 e. The van der Waals surface area contributed by atoms with Crippen LogP contribution in [-0.2, 0) is 21.7 Å². The third kappa shape index (κ3) is 8.11. The van der Waals surface area contributed by atoms with E-state index in [-0.39, 0.29) is 10.8 Å². The van der Waals surface area contributed by atoms with Gasteiger partial charge in [-0.2, -0.15) is 0 Å². The van der Waals surface area contributed by atoms with Crippen molar-refractivity contribution in [1.29, 1.82) is 0 Å². The molecule has 1 atom stereocenters. The summed E-state index contributed by atoms with van der Waals surface area (Å²) >= 11 is 0. The molecule has 0 heterocycles. The summed E-state index contributed by atoms with van der Waals surface area (Å²) in [7, 11) is 0. The molecule has 0 aliphatic heterocycles. The molecule has 6 aliphatic carbocycles. The Balaban J connectivity index is 0.667. The van der Waals surface area contributed by atoms with Crippen molar-refractivity contribution < 1.29 is 0 Å². The quantitative estimate of drug-likeness (QED) is 0.142. The molecule has 0 saturated carbocycles. The Morgan fingerprint density at radius 1 is 0.170 bits per heavy atom. The standard InChI is InChI=1S/C104H72N2/c1-101(2)84-39-16-8-32-74(84)79-58-56-71(63-94(79)101)105(97-49-25-46-92-99(97)81-37-13-21-44-89(81)103(92)86-41-18-10-34-76(86)77-35-11-19-42-87(77)103)70-30-24-29-68(61-70)65-51-53-66(54-52-65)69-55-60-91-83(62-69)78-36-12-20-43-88(78)104(91)90-45-22-14-38-82(90)100-93(104)47-26-50-98(100)106(96-48-23-15-31-73(96)67-27-6-5-7-28-67)72-57-59-80-75-33-9-17-40-85(75)102(3,4)95(80)64-72/h5-64H,1-4H3. The first-order valence-corrected chi connectivity index (χ1v) is 37.5. The highest BCUT2D eigenvalue weighted by Crippen LogP contribution is 2.68. The Kier molecular flexibility index (Phi) is 12.8. The van der Waals surface area contributed by atoms with Crippen LogP contribution in [0.25, 0.3) is 100 Å². The first-order chi connectivity index (χ1) is 52.1. The lowest BCUT2D eigenvalue weighted by atomic mass is 9.70. The van der Waals surface area contributed by atoms with Gasteiger partial charge >= 0.3 is 0 Å². The van der Waals surface area contributed by atoms with Gasteiger partial charge in [0, 0.05) is 44.6 Å². The van der Waals surface area contributed by atoms with Crippen LogP contribution in [0.2, 0.25) is 0 Å². The molecule has 106 heavy (non-hydrogen) atoms. The molecule has 2 spiro atoms. The molecule has 0 amide bonds. The molecule has 0 N–H and O–H groups in total. The van der Waals surface area contributed by atoms with Crippen LogP contribution in [-0.4, -0.2) is 0 Å². The van der Waals surface area contributed by atoms with Gasteiger partial charge in [0.25, 0.3) is 0 Å². The molecule has 0 radical (unpaired) electrons. The molecular formula is C104H72N2. The highest BCUT2D eigenvalue weighted by atomic mass is 15.2. The van der Waals surface area contributed by atoms with Crippen molar-refractivity contribution in [3.8, 4) is 100 Å². The average Bonchev–Trinajstić information content (AvgIpc) is 1.51. The fourth-order valence-corrected chi connectivity index (χ4v) is 20.6. The normalized spacial score (nSPS) is 15.6. The molecule has 22 rings (SSSR count). The van der Waals surface area contributed by atoms with Crippen LogP contribution in [0.5, 0.6) is 0 Å². The Labute approximate surface area is 620 Å². The monoisotopic (exact) mass is 1350 g/mol. The highest BCUT2D eigenvalue weighted by Gasteiger charge is 2.55. The smallest absolute Gasteiger partial charge is 0.0726 e. The highest BCUT2D eigenvalue weighted by molar-refractivity contribution is 6.05. The summed E-state index contributed by atoms with van der Waals surface area (Å²) in [6.07, 6.45) is 0. The number of hydrogen-bond donors (Lipinski definition) is 0. The maximum absolute atomic E-state index is 2.57. The zero-order valence-electron chi connectivity index (χ0n) is 59.5. The van der Waals surface area contributed by atoms with Crippen LogP contribution in [0.3, 0.4) is 0 Å². The van der Waals surface area contributed by atoms with Gasteiger partial charge in [-0.25, -0.2) is 0 Å². The van der Waals surface area contributed by atoms with E-state index in [1.54, 1.807) is 0 Å². The summed E-state index contributed by atoms with van der Waals surface area (Å²) in [6.45, 7) is 9.56. The average molecular weight is 1350 g/mol. The summed E-state index contributed by atoms with van der Waals surface area (Å²) in [5.41, 5.74) is 43.9. The van der Waals surface area contributed by atoms with E-state index in [4.69, 9.17) is 0 Å². The third-order valence-electron chi connectivity index (χ3n) is 25.1. The number of benzene rings is 16. The second-order valence-electron chi connectivity index (χ2n) is 30.9. The Morgan fingerprint density at radius 2 is 0.491 bits per heavy atom. The number of nitrogens with zero attached hydrogens (tertiary/aromatic N) is 2. The lowest BCUT2D eigenvalue weighted by Gasteiger charge is -2.33. The van der Waals surface area contributed by atoms with Crippen LogP contribution in [0.1, 0.15) is 94.5 Å². The van der Waals surface area contributed by atoms with E-state index >= 15 is 0 Å². The molecule has 16 aromatic rings. The van der Waals surface area contributed by atoms with E-state index in [2.05, 4.69) is 401 Å². The van der Waals surface area contributed by atoms with Gasteiger partial charge in [0.05, 0.1) is 27.9 Å². The molecule has 6 aliphatic rings. The van der Waals surface area contributed by atoms with Crippen molar-refractivity contribution in [3.63, 3.8) is 0 Å². The van der Waals surface area contributed by atoms with E-state index in [1.807, 2.05) is 0 Å². The van der Waals surface area contributed by atoms with Crippen LogP contribution in [0, 0.1) is 0 Å². The van der Waals surface area contributed by atoms with Crippen LogP contribution >= 0.6 is 0 Å². The molecule has 498 valence electrons. The Bertz CT molecular complexity index is 6380. The Hall–Kier alpha value is -12.9. The van der Waals surface area contributed by atoms with Gasteiger partial charge in [-0.3, -0.25) is 0 Å². The topological polar surface area (TPSA) is 6.48 Å².